The van der Waals surface area contributed by atoms with Gasteiger partial charge in [-0.25, -0.2) is 9.59 Å². The quantitative estimate of drug-likeness (QED) is 0.0803. The first-order chi connectivity index (χ1) is 18.9. The second kappa shape index (κ2) is 31.3. The molecule has 238 valence electrons. The Kier molecular flexibility index (Phi) is 33.1. The fraction of sp³-hybridized carbons (Fsp3) is 0.826. The molecule has 0 bridgehead atoms. The van der Waals surface area contributed by atoms with Crippen molar-refractivity contribution in [3.63, 3.8) is 0 Å². The molecule has 0 rings (SSSR count). The summed E-state index contributed by atoms with van der Waals surface area (Å²) in [6.45, 7) is 0.407. The molecule has 0 radical (unpaired) electrons. The fourth-order valence-electron chi connectivity index (χ4n) is 2.30. The van der Waals surface area contributed by atoms with Crippen molar-refractivity contribution >= 4 is 47.3 Å². The van der Waals surface area contributed by atoms with Gasteiger partial charge in [0.25, 0.3) is 0 Å². The number of carbonyl (C=O) groups excluding carboxylic acids is 3. The lowest BCUT2D eigenvalue weighted by Crippen LogP contribution is -2.26. The zero-order valence-corrected chi connectivity index (χ0v) is 24.3. The summed E-state index contributed by atoms with van der Waals surface area (Å²) in [5, 5.41) is 13.6. The smallest absolute Gasteiger partial charge is 0.422 e. The predicted molar refractivity (Wildman–Crippen MR) is 141 cm³/mol. The van der Waals surface area contributed by atoms with Crippen molar-refractivity contribution in [3.05, 3.63) is 0 Å². The first kappa shape index (κ1) is 42.2. The molecule has 0 saturated heterocycles. The molecule has 3 N–H and O–H groups in total. The van der Waals surface area contributed by atoms with Gasteiger partial charge in [-0.3, -0.25) is 9.59 Å². The zero-order chi connectivity index (χ0) is 31.1. The number of carbonyl (C=O) groups is 4. The van der Waals surface area contributed by atoms with Gasteiger partial charge in [-0.05, 0) is 25.7 Å². The molecule has 0 atom stereocenters. The third-order valence-electron chi connectivity index (χ3n) is 4.10. The van der Waals surface area contributed by atoms with Gasteiger partial charge < -0.3 is 39.4 Å². The van der Waals surface area contributed by atoms with Gasteiger partial charge in [0.2, 0.25) is 0 Å². The molecule has 17 heteroatoms. The zero-order valence-electron chi connectivity index (χ0n) is 22.8. The first-order valence-corrected chi connectivity index (χ1v) is 13.4. The van der Waals surface area contributed by atoms with Gasteiger partial charge in [0.05, 0.1) is 18.6 Å². The highest BCUT2D eigenvalue weighted by atomic mass is 35.5. The van der Waals surface area contributed by atoms with E-state index < -0.39 is 36.9 Å². The maximum Gasteiger partial charge on any atom is 0.422 e. The molecule has 2 amide bonds. The van der Waals surface area contributed by atoms with Crippen LogP contribution in [0, 0.1) is 0 Å². The molecule has 0 aromatic heterocycles. The average Bonchev–Trinajstić information content (AvgIpc) is 2.87. The molecular weight excluding hydrogens is 592 g/mol. The standard InChI is InChI=1S/C12H20F3NO5.C10H19NO5.CH2Cl2/c1-19-7-8-20-11(18)16-6-4-2-3-5-10(17)21-9-12(13,14)15;1-15-7-8-16-10(14)11-6-4-2-3-5-9(12)13;2-1-3/h2-9H2,1H3,(H,16,18);2-8H2,1H3,(H,11,14)(H,12,13);1H2. The Morgan fingerprint density at radius 2 is 1.12 bits per heavy atom. The molecule has 0 saturated carbocycles. The summed E-state index contributed by atoms with van der Waals surface area (Å²) in [6.07, 6.45) is -1.67. The van der Waals surface area contributed by atoms with Crippen LogP contribution in [0.25, 0.3) is 0 Å². The van der Waals surface area contributed by atoms with Gasteiger partial charge in [0.1, 0.15) is 13.2 Å². The number of unbranched alkanes of at least 4 members (excludes halogenated alkanes) is 4. The largest absolute Gasteiger partial charge is 0.481 e. The summed E-state index contributed by atoms with van der Waals surface area (Å²) in [4.78, 5) is 43.2. The van der Waals surface area contributed by atoms with Crippen LogP contribution in [0.4, 0.5) is 22.8 Å². The number of rotatable bonds is 19. The van der Waals surface area contributed by atoms with Gasteiger partial charge in [0.15, 0.2) is 6.61 Å². The second-order valence-electron chi connectivity index (χ2n) is 7.50. The van der Waals surface area contributed by atoms with Gasteiger partial charge in [-0.2, -0.15) is 13.2 Å². The number of amides is 2. The van der Waals surface area contributed by atoms with E-state index in [1.165, 1.54) is 14.2 Å². The van der Waals surface area contributed by atoms with Crippen LogP contribution in [0.5, 0.6) is 0 Å². The normalized spacial score (nSPS) is 10.2. The number of hydrogen-bond acceptors (Lipinski definition) is 9. The van der Waals surface area contributed by atoms with E-state index in [4.69, 9.17) is 47.3 Å². The van der Waals surface area contributed by atoms with Crippen molar-refractivity contribution in [3.8, 4) is 0 Å². The molecule has 0 spiro atoms. The maximum atomic E-state index is 11.8. The lowest BCUT2D eigenvalue weighted by Gasteiger charge is -2.08. The molecule has 0 aliphatic rings. The number of carboxylic acid groups (broad SMARTS) is 1. The molecule has 0 unspecified atom stereocenters. The number of methoxy groups -OCH3 is 2. The third-order valence-corrected chi connectivity index (χ3v) is 4.10. The van der Waals surface area contributed by atoms with E-state index in [0.717, 1.165) is 12.8 Å². The monoisotopic (exact) mass is 632 g/mol. The number of alkyl carbamates (subject to hydrolysis) is 2. The molecular formula is C23H41Cl2F3N2O10. The minimum absolute atomic E-state index is 0.0750. The summed E-state index contributed by atoms with van der Waals surface area (Å²) in [5.74, 6) is -1.66. The number of esters is 1. The summed E-state index contributed by atoms with van der Waals surface area (Å²) in [5.41, 5.74) is 0. The second-order valence-corrected chi connectivity index (χ2v) is 8.31. The number of ether oxygens (including phenoxy) is 5. The third kappa shape index (κ3) is 42.8. The van der Waals surface area contributed by atoms with E-state index in [-0.39, 0.29) is 31.4 Å². The van der Waals surface area contributed by atoms with Crippen molar-refractivity contribution in [2.45, 2.75) is 57.5 Å². The van der Waals surface area contributed by atoms with Crippen LogP contribution in [-0.4, -0.2) is 101 Å². The first-order valence-electron chi connectivity index (χ1n) is 12.3. The van der Waals surface area contributed by atoms with Crippen LogP contribution in [0.2, 0.25) is 0 Å². The van der Waals surface area contributed by atoms with E-state index in [1.54, 1.807) is 0 Å². The van der Waals surface area contributed by atoms with Crippen LogP contribution in [0.1, 0.15) is 51.4 Å². The van der Waals surface area contributed by atoms with Crippen LogP contribution in [0.3, 0.4) is 0 Å². The van der Waals surface area contributed by atoms with Gasteiger partial charge in [-0.1, -0.05) is 12.8 Å². The Hall–Kier alpha value is -2.23. The lowest BCUT2D eigenvalue weighted by molar-refractivity contribution is -0.186. The number of halogens is 5. The number of carboxylic acids is 1. The van der Waals surface area contributed by atoms with Crippen LogP contribution >= 0.6 is 23.2 Å². The highest BCUT2D eigenvalue weighted by molar-refractivity contribution is 6.40. The minimum atomic E-state index is -4.50. The Balaban J connectivity index is -0.000000641. The molecule has 0 aliphatic heterocycles. The topological polar surface area (TPSA) is 159 Å². The minimum Gasteiger partial charge on any atom is -0.481 e. The number of nitrogens with one attached hydrogen (secondary N) is 2. The van der Waals surface area contributed by atoms with Crippen LogP contribution in [-0.2, 0) is 33.3 Å². The van der Waals surface area contributed by atoms with E-state index in [1.807, 2.05) is 0 Å². The van der Waals surface area contributed by atoms with Crippen molar-refractivity contribution in [2.75, 3.05) is 65.7 Å². The van der Waals surface area contributed by atoms with Crippen molar-refractivity contribution in [2.24, 2.45) is 0 Å². The van der Waals surface area contributed by atoms with Gasteiger partial charge >= 0.3 is 30.3 Å². The molecule has 40 heavy (non-hydrogen) atoms. The van der Waals surface area contributed by atoms with Gasteiger partial charge in [0, 0.05) is 40.2 Å². The highest BCUT2D eigenvalue weighted by Gasteiger charge is 2.29. The maximum absolute atomic E-state index is 11.8. The molecule has 0 aromatic carbocycles. The number of alkyl halides is 5. The Bertz CT molecular complexity index is 649. The van der Waals surface area contributed by atoms with E-state index in [2.05, 4.69) is 15.4 Å². The number of aliphatic carboxylic acids is 1. The Morgan fingerprint density at radius 1 is 0.700 bits per heavy atom. The average molecular weight is 633 g/mol. The summed E-state index contributed by atoms with van der Waals surface area (Å²) in [7, 11) is 3.02. The van der Waals surface area contributed by atoms with Crippen LogP contribution < -0.4 is 10.6 Å². The predicted octanol–water partition coefficient (Wildman–Crippen LogP) is 4.45. The summed E-state index contributed by atoms with van der Waals surface area (Å²) in [6, 6.07) is 0. The Morgan fingerprint density at radius 3 is 1.50 bits per heavy atom. The van der Waals surface area contributed by atoms with Crippen molar-refractivity contribution in [1.82, 2.24) is 10.6 Å². The fourth-order valence-corrected chi connectivity index (χ4v) is 2.30. The van der Waals surface area contributed by atoms with Gasteiger partial charge in [-0.15, -0.1) is 23.2 Å². The summed E-state index contributed by atoms with van der Waals surface area (Å²) >= 11 is 9.53. The SMILES string of the molecule is COCCOC(=O)NCCCCCC(=O)O.COCCOC(=O)NCCCCCC(=O)OCC(F)(F)F.ClCCl. The van der Waals surface area contributed by atoms with E-state index in [9.17, 15) is 32.3 Å². The van der Waals surface area contributed by atoms with Crippen LogP contribution in [0.15, 0.2) is 0 Å². The summed E-state index contributed by atoms with van der Waals surface area (Å²) < 4.78 is 58.2. The van der Waals surface area contributed by atoms with E-state index in [0.29, 0.717) is 52.0 Å². The molecule has 0 aliphatic carbocycles. The molecule has 0 fully saturated rings. The van der Waals surface area contributed by atoms with Crippen molar-refractivity contribution < 1.29 is 61.1 Å². The Labute approximate surface area is 242 Å². The lowest BCUT2D eigenvalue weighted by atomic mass is 10.2. The highest BCUT2D eigenvalue weighted by Crippen LogP contribution is 2.15. The molecule has 12 nitrogen and oxygen atoms in total. The number of hydrogen-bond donors (Lipinski definition) is 3. The molecule has 0 aromatic rings. The van der Waals surface area contributed by atoms with Crippen molar-refractivity contribution in [1.29, 1.82) is 0 Å². The van der Waals surface area contributed by atoms with E-state index >= 15 is 0 Å². The molecule has 0 heterocycles.